The lowest BCUT2D eigenvalue weighted by Crippen LogP contribution is -2.40. The number of hydrogen-bond acceptors (Lipinski definition) is 9. The quantitative estimate of drug-likeness (QED) is 0.0977. The number of aryl methyl sites for hydroxylation is 1. The Morgan fingerprint density at radius 3 is 2.70 bits per heavy atom. The first-order valence-corrected chi connectivity index (χ1v) is 20.7. The van der Waals surface area contributed by atoms with Crippen LogP contribution in [0.25, 0.3) is 10.9 Å². The first-order valence-electron chi connectivity index (χ1n) is 20.7. The normalized spacial score (nSPS) is 26.3. The second-order valence-corrected chi connectivity index (χ2v) is 16.9. The van der Waals surface area contributed by atoms with Crippen molar-refractivity contribution in [2.45, 2.75) is 127 Å². The van der Waals surface area contributed by atoms with E-state index in [2.05, 4.69) is 63.4 Å². The minimum atomic E-state index is -1.06. The molecule has 3 aliphatic heterocycles. The zero-order chi connectivity index (χ0) is 39.4. The van der Waals surface area contributed by atoms with Crippen molar-refractivity contribution in [1.29, 1.82) is 0 Å². The summed E-state index contributed by atoms with van der Waals surface area (Å²) in [7, 11) is 0. The molecule has 57 heavy (non-hydrogen) atoms. The van der Waals surface area contributed by atoms with Crippen molar-refractivity contribution in [2.24, 2.45) is 17.1 Å². The van der Waals surface area contributed by atoms with Crippen LogP contribution >= 0.6 is 0 Å². The van der Waals surface area contributed by atoms with Crippen LogP contribution in [0.15, 0.2) is 42.9 Å². The molecule has 2 bridgehead atoms. The number of aromatic hydroxyl groups is 1. The number of hydrogen-bond donors (Lipinski definition) is 7. The predicted molar refractivity (Wildman–Crippen MR) is 214 cm³/mol. The van der Waals surface area contributed by atoms with Gasteiger partial charge in [-0.25, -0.2) is 0 Å². The van der Waals surface area contributed by atoms with E-state index >= 15 is 0 Å². The molecule has 2 aromatic carbocycles. The summed E-state index contributed by atoms with van der Waals surface area (Å²) in [4.78, 5) is 16.5. The number of aliphatic hydroxyl groups excluding tert-OH is 3. The lowest BCUT2D eigenvalue weighted by atomic mass is 9.68. The molecule has 2 aliphatic carbocycles. The zero-order valence-corrected chi connectivity index (χ0v) is 32.4. The van der Waals surface area contributed by atoms with Gasteiger partial charge in [-0.15, -0.1) is 0 Å². The van der Waals surface area contributed by atoms with Gasteiger partial charge in [-0.2, -0.15) is 0 Å². The van der Waals surface area contributed by atoms with Crippen LogP contribution in [0.2, 0.25) is 0 Å². The summed E-state index contributed by atoms with van der Waals surface area (Å²) >= 11 is 0. The molecule has 4 aromatic rings. The van der Waals surface area contributed by atoms with Gasteiger partial charge in [-0.1, -0.05) is 56.1 Å². The van der Waals surface area contributed by atoms with Crippen molar-refractivity contribution in [3.05, 3.63) is 76.2 Å². The molecule has 298 valence electrons. The first-order chi connectivity index (χ1) is 27.6. The number of nitrogens with one attached hydrogen (secondary N) is 2. The summed E-state index contributed by atoms with van der Waals surface area (Å²) in [6, 6.07) is 7.27. The lowest BCUT2D eigenvalue weighted by molar-refractivity contribution is -0.121. The maximum absolute atomic E-state index is 12.9. The van der Waals surface area contributed by atoms with Gasteiger partial charge in [-0.3, -0.25) is 10.1 Å². The van der Waals surface area contributed by atoms with Gasteiger partial charge < -0.3 is 45.2 Å². The molecule has 11 nitrogen and oxygen atoms in total. The average Bonchev–Trinajstić information content (AvgIpc) is 3.93. The molecule has 5 aliphatic rings. The fourth-order valence-corrected chi connectivity index (χ4v) is 10.4. The Kier molecular flexibility index (Phi) is 10.1. The topological polar surface area (TPSA) is 175 Å². The Morgan fingerprint density at radius 2 is 1.88 bits per heavy atom. The third-order valence-electron chi connectivity index (χ3n) is 13.2. The van der Waals surface area contributed by atoms with Crippen LogP contribution in [-0.4, -0.2) is 54.5 Å². The number of benzene rings is 2. The Morgan fingerprint density at radius 1 is 1.05 bits per heavy atom. The first kappa shape index (κ1) is 37.8. The molecule has 2 aromatic heterocycles. The molecule has 11 heteroatoms. The summed E-state index contributed by atoms with van der Waals surface area (Å²) in [6.07, 6.45) is 12.8. The summed E-state index contributed by atoms with van der Waals surface area (Å²) in [5.41, 5.74) is 12.9. The van der Waals surface area contributed by atoms with Crippen LogP contribution in [0.3, 0.4) is 0 Å². The van der Waals surface area contributed by atoms with E-state index in [9.17, 15) is 25.2 Å². The van der Waals surface area contributed by atoms with E-state index in [-0.39, 0.29) is 55.0 Å². The Labute approximate surface area is 332 Å². The van der Waals surface area contributed by atoms with Crippen LogP contribution in [0.4, 0.5) is 0 Å². The number of ether oxygens (including phenoxy) is 2. The molecule has 1 saturated carbocycles. The highest BCUT2D eigenvalue weighted by Crippen LogP contribution is 2.53. The van der Waals surface area contributed by atoms with Crippen molar-refractivity contribution in [2.75, 3.05) is 6.54 Å². The number of rotatable bonds is 9. The smallest absolute Gasteiger partial charge is 0.191 e. The number of aromatic nitrogens is 2. The third kappa shape index (κ3) is 6.90. The van der Waals surface area contributed by atoms with Crippen LogP contribution in [0, 0.1) is 35.2 Å². The molecule has 9 rings (SSSR count). The SMILES string of the molecule is CCC[C@H](O)C[C@@H](O)CC(=O)CCc1cc2c(cc1O)OC#CC1(CCCC1)[C@H]1C#C[C@H](O)c3ccc4c5c3[C@@H](CC[C@H]5CN[C@@H]4N)c3c[nH]c4cn(cc34)[C@H]1O2. The molecule has 0 radical (unpaired) electrons. The number of carbonyl (C=O) groups excluding carboxylic acids is 1. The summed E-state index contributed by atoms with van der Waals surface area (Å²) in [5, 5.41) is 48.4. The second-order valence-electron chi connectivity index (χ2n) is 16.9. The second kappa shape index (κ2) is 15.2. The monoisotopic (exact) mass is 772 g/mol. The molecular weight excluding hydrogens is 721 g/mol. The molecule has 0 saturated heterocycles. The largest absolute Gasteiger partial charge is 0.508 e. The zero-order valence-electron chi connectivity index (χ0n) is 32.4. The van der Waals surface area contributed by atoms with E-state index in [1.54, 1.807) is 6.07 Å². The standard InChI is InChI=1S/C46H52N4O7/c1-2-5-28(51)19-30(53)20-29(52)8-6-26-18-41-40(21-39(26)55)56-17-16-46(14-3-4-15-46)36-12-13-38(54)32-10-11-33-42-27(22-49-44(33)47)7-9-31(43(32)42)34-23-48-37-25-50(24-35(34)37)45(36)57-41/h10-11,18,21,23-25,27-28,30-31,36,38,44-45,48-49,51,53-55H,2-9,14-15,19-20,22,47H2,1H3/t27-,28-,30+,31-,36-,38-,44-,45-/m0/s1. The van der Waals surface area contributed by atoms with Gasteiger partial charge in [0.2, 0.25) is 0 Å². The van der Waals surface area contributed by atoms with Crippen molar-refractivity contribution >= 4 is 16.7 Å². The van der Waals surface area contributed by atoms with Gasteiger partial charge in [0.15, 0.2) is 17.7 Å². The summed E-state index contributed by atoms with van der Waals surface area (Å²) < 4.78 is 15.2. The molecule has 8 atom stereocenters. The average molecular weight is 773 g/mol. The molecular formula is C46H52N4O7. The van der Waals surface area contributed by atoms with Gasteiger partial charge in [0.1, 0.15) is 23.7 Å². The maximum atomic E-state index is 12.9. The molecule has 8 N–H and O–H groups in total. The van der Waals surface area contributed by atoms with Crippen molar-refractivity contribution < 1.29 is 34.7 Å². The number of Topliss-reactive ketones (excluding diaryl/α,β-unsaturated/α-hetero) is 1. The fraction of sp³-hybridized carbons (Fsp3) is 0.500. The summed E-state index contributed by atoms with van der Waals surface area (Å²) in [5.74, 6) is 10.6. The number of aliphatic hydroxyl groups is 3. The van der Waals surface area contributed by atoms with Crippen LogP contribution < -0.4 is 20.5 Å². The van der Waals surface area contributed by atoms with Crippen LogP contribution in [0.1, 0.15) is 141 Å². The molecule has 1 fully saturated rings. The van der Waals surface area contributed by atoms with E-state index in [1.807, 2.05) is 13.0 Å². The molecule has 0 amide bonds. The highest BCUT2D eigenvalue weighted by atomic mass is 16.5. The fourth-order valence-electron chi connectivity index (χ4n) is 10.4. The van der Waals surface area contributed by atoms with Crippen LogP contribution in [0.5, 0.6) is 17.2 Å². The van der Waals surface area contributed by atoms with Gasteiger partial charge >= 0.3 is 0 Å². The number of phenols is 1. The maximum Gasteiger partial charge on any atom is 0.191 e. The number of fused-ring (bicyclic) bond motifs is 6. The highest BCUT2D eigenvalue weighted by molar-refractivity contribution is 5.84. The van der Waals surface area contributed by atoms with E-state index in [4.69, 9.17) is 15.2 Å². The number of carbonyl (C=O) groups is 1. The summed E-state index contributed by atoms with van der Waals surface area (Å²) in [6.45, 7) is 2.76. The lowest BCUT2D eigenvalue weighted by Gasteiger charge is -2.40. The predicted octanol–water partition coefficient (Wildman–Crippen LogP) is 6.21. The number of H-pyrrole nitrogens is 1. The number of nitrogens with two attached hydrogens (primary N) is 1. The van der Waals surface area contributed by atoms with Crippen molar-refractivity contribution in [1.82, 2.24) is 14.9 Å². The van der Waals surface area contributed by atoms with E-state index in [0.29, 0.717) is 23.7 Å². The third-order valence-corrected chi connectivity index (χ3v) is 13.2. The minimum absolute atomic E-state index is 0.0335. The van der Waals surface area contributed by atoms with Gasteiger partial charge in [-0.05, 0) is 90.3 Å². The number of ketones is 1. The van der Waals surface area contributed by atoms with Gasteiger partial charge in [0, 0.05) is 55.3 Å². The highest BCUT2D eigenvalue weighted by Gasteiger charge is 2.47. The Hall–Kier alpha value is -4.75. The number of aromatic amines is 1. The molecule has 5 heterocycles. The number of nitrogens with zero attached hydrogens (tertiary/aromatic N) is 1. The Balaban J connectivity index is 1.12. The minimum Gasteiger partial charge on any atom is -0.508 e. The van der Waals surface area contributed by atoms with Crippen molar-refractivity contribution in [3.8, 4) is 41.1 Å². The van der Waals surface area contributed by atoms with Crippen LogP contribution in [-0.2, 0) is 11.2 Å². The van der Waals surface area contributed by atoms with E-state index in [1.165, 1.54) is 11.6 Å². The Bertz CT molecular complexity index is 2320. The van der Waals surface area contributed by atoms with Crippen molar-refractivity contribution in [3.63, 3.8) is 0 Å². The van der Waals surface area contributed by atoms with E-state index in [0.717, 1.165) is 84.6 Å². The van der Waals surface area contributed by atoms with Gasteiger partial charge in [0.25, 0.3) is 0 Å². The van der Waals surface area contributed by atoms with E-state index < -0.39 is 35.9 Å². The number of phenolic OH excluding ortho intramolecular Hbond substituents is 1. The molecule has 0 unspecified atom stereocenters. The van der Waals surface area contributed by atoms with Gasteiger partial charge in [0.05, 0.1) is 35.2 Å². The molecule has 1 spiro atoms.